The smallest absolute Gasteiger partial charge is 0.338 e. The number of rotatable bonds is 5. The molecular weight excluding hydrogens is 212 g/mol. The zero-order valence-electron chi connectivity index (χ0n) is 8.83. The van der Waals surface area contributed by atoms with Crippen LogP contribution in [0.4, 0.5) is 0 Å². The maximum atomic E-state index is 11.6. The predicted octanol–water partition coefficient (Wildman–Crippen LogP) is 3.38. The molecular formula is C12H15ClO2. The Bertz CT molecular complexity index is 323. The van der Waals surface area contributed by atoms with Crippen molar-refractivity contribution >= 4 is 17.6 Å². The third-order valence-electron chi connectivity index (χ3n) is 2.11. The lowest BCUT2D eigenvalue weighted by Gasteiger charge is -2.06. The van der Waals surface area contributed by atoms with Crippen LogP contribution in [0.5, 0.6) is 0 Å². The largest absolute Gasteiger partial charge is 0.462 e. The lowest BCUT2D eigenvalue weighted by Crippen LogP contribution is -2.08. The predicted molar refractivity (Wildman–Crippen MR) is 61.2 cm³/mol. The van der Waals surface area contributed by atoms with E-state index in [-0.39, 0.29) is 5.97 Å². The minimum atomic E-state index is -0.278. The maximum absolute atomic E-state index is 11.6. The summed E-state index contributed by atoms with van der Waals surface area (Å²) in [5, 5.41) is 0. The number of halogens is 1. The monoisotopic (exact) mass is 226 g/mol. The first kappa shape index (κ1) is 12.1. The van der Waals surface area contributed by atoms with E-state index in [1.165, 1.54) is 0 Å². The first-order valence-corrected chi connectivity index (χ1v) is 5.64. The lowest BCUT2D eigenvalue weighted by molar-refractivity contribution is 0.0499. The number of benzene rings is 1. The van der Waals surface area contributed by atoms with E-state index in [0.29, 0.717) is 18.1 Å². The van der Waals surface area contributed by atoms with Crippen LogP contribution in [0.2, 0.25) is 0 Å². The maximum Gasteiger partial charge on any atom is 0.338 e. The SMILES string of the molecule is CCCCOC(=O)c1ccccc1CCl. The molecule has 15 heavy (non-hydrogen) atoms. The van der Waals surface area contributed by atoms with Crippen LogP contribution < -0.4 is 0 Å². The first-order chi connectivity index (χ1) is 7.29. The first-order valence-electron chi connectivity index (χ1n) is 5.10. The Morgan fingerprint density at radius 3 is 2.80 bits per heavy atom. The summed E-state index contributed by atoms with van der Waals surface area (Å²) in [4.78, 5) is 11.6. The van der Waals surface area contributed by atoms with Gasteiger partial charge in [-0.25, -0.2) is 4.79 Å². The zero-order valence-corrected chi connectivity index (χ0v) is 9.59. The molecule has 0 atom stereocenters. The van der Waals surface area contributed by atoms with E-state index in [1.807, 2.05) is 18.2 Å². The number of carbonyl (C=O) groups excluding carboxylic acids is 1. The highest BCUT2D eigenvalue weighted by Crippen LogP contribution is 2.12. The Morgan fingerprint density at radius 2 is 2.13 bits per heavy atom. The average Bonchev–Trinajstić information content (AvgIpc) is 2.29. The van der Waals surface area contributed by atoms with E-state index in [1.54, 1.807) is 6.07 Å². The molecule has 0 bridgehead atoms. The third-order valence-corrected chi connectivity index (χ3v) is 2.40. The summed E-state index contributed by atoms with van der Waals surface area (Å²) < 4.78 is 5.11. The van der Waals surface area contributed by atoms with Crippen molar-refractivity contribution in [3.63, 3.8) is 0 Å². The Labute approximate surface area is 95.2 Å². The third kappa shape index (κ3) is 3.56. The summed E-state index contributed by atoms with van der Waals surface area (Å²) in [6, 6.07) is 7.25. The highest BCUT2D eigenvalue weighted by Gasteiger charge is 2.10. The summed E-state index contributed by atoms with van der Waals surface area (Å²) in [7, 11) is 0. The normalized spacial score (nSPS) is 10.0. The van der Waals surface area contributed by atoms with Gasteiger partial charge in [-0.1, -0.05) is 31.5 Å². The molecule has 1 aromatic rings. The summed E-state index contributed by atoms with van der Waals surface area (Å²) in [6.07, 6.45) is 1.92. The van der Waals surface area contributed by atoms with Gasteiger partial charge in [0.15, 0.2) is 0 Å². The second-order valence-corrected chi connectivity index (χ2v) is 3.55. The minimum absolute atomic E-state index is 0.278. The summed E-state index contributed by atoms with van der Waals surface area (Å²) >= 11 is 5.73. The quantitative estimate of drug-likeness (QED) is 0.437. The van der Waals surface area contributed by atoms with Gasteiger partial charge in [-0.2, -0.15) is 0 Å². The van der Waals surface area contributed by atoms with Gasteiger partial charge < -0.3 is 4.74 Å². The van der Waals surface area contributed by atoms with Crippen LogP contribution in [-0.2, 0) is 10.6 Å². The molecule has 0 unspecified atom stereocenters. The second-order valence-electron chi connectivity index (χ2n) is 3.28. The molecule has 1 aromatic carbocycles. The fourth-order valence-electron chi connectivity index (χ4n) is 1.22. The van der Waals surface area contributed by atoms with Gasteiger partial charge in [-0.15, -0.1) is 11.6 Å². The number of carbonyl (C=O) groups is 1. The molecule has 0 heterocycles. The lowest BCUT2D eigenvalue weighted by atomic mass is 10.1. The van der Waals surface area contributed by atoms with Crippen LogP contribution in [0.3, 0.4) is 0 Å². The number of hydrogen-bond acceptors (Lipinski definition) is 2. The van der Waals surface area contributed by atoms with Gasteiger partial charge in [-0.05, 0) is 18.1 Å². The van der Waals surface area contributed by atoms with Crippen LogP contribution in [0.25, 0.3) is 0 Å². The molecule has 82 valence electrons. The average molecular weight is 227 g/mol. The molecule has 1 rings (SSSR count). The van der Waals surface area contributed by atoms with Crippen molar-refractivity contribution in [1.82, 2.24) is 0 Å². The number of alkyl halides is 1. The van der Waals surface area contributed by atoms with Crippen molar-refractivity contribution in [2.75, 3.05) is 6.61 Å². The van der Waals surface area contributed by atoms with Crippen molar-refractivity contribution in [2.45, 2.75) is 25.6 Å². The molecule has 0 amide bonds. The van der Waals surface area contributed by atoms with Gasteiger partial charge >= 0.3 is 5.97 Å². The van der Waals surface area contributed by atoms with E-state index in [0.717, 1.165) is 18.4 Å². The highest BCUT2D eigenvalue weighted by atomic mass is 35.5. The van der Waals surface area contributed by atoms with E-state index < -0.39 is 0 Å². The Morgan fingerprint density at radius 1 is 1.40 bits per heavy atom. The summed E-state index contributed by atoms with van der Waals surface area (Å²) in [6.45, 7) is 2.53. The zero-order chi connectivity index (χ0) is 11.1. The standard InChI is InChI=1S/C12H15ClO2/c1-2-3-8-15-12(14)11-7-5-4-6-10(11)9-13/h4-7H,2-3,8-9H2,1H3. The van der Waals surface area contributed by atoms with E-state index in [9.17, 15) is 4.79 Å². The molecule has 0 aliphatic rings. The molecule has 0 spiro atoms. The molecule has 0 saturated carbocycles. The highest BCUT2D eigenvalue weighted by molar-refractivity contribution is 6.17. The number of unbranched alkanes of at least 4 members (excludes halogenated alkanes) is 1. The van der Waals surface area contributed by atoms with Gasteiger partial charge in [0.25, 0.3) is 0 Å². The summed E-state index contributed by atoms with van der Waals surface area (Å²) in [5.74, 6) is 0.0543. The van der Waals surface area contributed by atoms with E-state index >= 15 is 0 Å². The summed E-state index contributed by atoms with van der Waals surface area (Å²) in [5.41, 5.74) is 1.39. The molecule has 0 aliphatic carbocycles. The van der Waals surface area contributed by atoms with Crippen molar-refractivity contribution in [2.24, 2.45) is 0 Å². The van der Waals surface area contributed by atoms with Gasteiger partial charge in [0.1, 0.15) is 0 Å². The van der Waals surface area contributed by atoms with Crippen molar-refractivity contribution < 1.29 is 9.53 Å². The van der Waals surface area contributed by atoms with Crippen molar-refractivity contribution in [3.8, 4) is 0 Å². The van der Waals surface area contributed by atoms with Crippen LogP contribution >= 0.6 is 11.6 Å². The van der Waals surface area contributed by atoms with Crippen molar-refractivity contribution in [1.29, 1.82) is 0 Å². The molecule has 2 nitrogen and oxygen atoms in total. The van der Waals surface area contributed by atoms with Gasteiger partial charge in [0, 0.05) is 5.88 Å². The Balaban J connectivity index is 2.64. The van der Waals surface area contributed by atoms with Crippen LogP contribution in [0, 0.1) is 0 Å². The van der Waals surface area contributed by atoms with E-state index in [2.05, 4.69) is 6.92 Å². The molecule has 0 radical (unpaired) electrons. The van der Waals surface area contributed by atoms with Gasteiger partial charge in [0.05, 0.1) is 12.2 Å². The van der Waals surface area contributed by atoms with Crippen molar-refractivity contribution in [3.05, 3.63) is 35.4 Å². The fraction of sp³-hybridized carbons (Fsp3) is 0.417. The Hall–Kier alpha value is -1.02. The topological polar surface area (TPSA) is 26.3 Å². The molecule has 0 aromatic heterocycles. The molecule has 0 fully saturated rings. The molecule has 0 N–H and O–H groups in total. The number of ether oxygens (including phenoxy) is 1. The van der Waals surface area contributed by atoms with Crippen LogP contribution in [0.1, 0.15) is 35.7 Å². The second kappa shape index (κ2) is 6.46. The van der Waals surface area contributed by atoms with Gasteiger partial charge in [-0.3, -0.25) is 0 Å². The minimum Gasteiger partial charge on any atom is -0.462 e. The number of esters is 1. The van der Waals surface area contributed by atoms with Gasteiger partial charge in [0.2, 0.25) is 0 Å². The fourth-order valence-corrected chi connectivity index (χ4v) is 1.46. The number of hydrogen-bond donors (Lipinski definition) is 0. The molecule has 0 saturated heterocycles. The van der Waals surface area contributed by atoms with Crippen LogP contribution in [-0.4, -0.2) is 12.6 Å². The van der Waals surface area contributed by atoms with E-state index in [4.69, 9.17) is 16.3 Å². The Kier molecular flexibility index (Phi) is 5.19. The molecule has 0 aliphatic heterocycles. The van der Waals surface area contributed by atoms with Crippen LogP contribution in [0.15, 0.2) is 24.3 Å². The molecule has 3 heteroatoms.